The molecule has 4 N–H and O–H groups in total. The number of aromatic amines is 2. The summed E-state index contributed by atoms with van der Waals surface area (Å²) in [6.45, 7) is 1.64. The highest BCUT2D eigenvalue weighted by Gasteiger charge is 2.20. The monoisotopic (exact) mass is 288 g/mol. The highest BCUT2D eigenvalue weighted by Crippen LogP contribution is 2.17. The predicted molar refractivity (Wildman–Crippen MR) is 79.4 cm³/mol. The fourth-order valence-electron chi connectivity index (χ4n) is 2.51. The molecule has 7 heteroatoms. The molecule has 3 rings (SSSR count). The number of H-pyrrole nitrogens is 2. The van der Waals surface area contributed by atoms with E-state index in [-0.39, 0.29) is 11.8 Å². The summed E-state index contributed by atoms with van der Waals surface area (Å²) >= 11 is 0. The second kappa shape index (κ2) is 5.53. The van der Waals surface area contributed by atoms with Gasteiger partial charge in [0, 0.05) is 12.2 Å². The van der Waals surface area contributed by atoms with Gasteiger partial charge in [-0.15, -0.1) is 0 Å². The molecular formula is C14H16N4O3. The third-order valence-electron chi connectivity index (χ3n) is 3.66. The van der Waals surface area contributed by atoms with Crippen molar-refractivity contribution in [3.8, 4) is 0 Å². The number of carbonyl (C=O) groups is 1. The normalized spacial score (nSPS) is 18.6. The molecule has 1 aliphatic rings. The molecule has 1 atom stereocenters. The largest absolute Gasteiger partial charge is 0.326 e. The van der Waals surface area contributed by atoms with E-state index in [0.717, 1.165) is 19.4 Å². The topological polar surface area (TPSA) is 107 Å². The van der Waals surface area contributed by atoms with Gasteiger partial charge in [0.25, 0.3) is 0 Å². The number of hydrogen-bond donors (Lipinski definition) is 4. The molecule has 110 valence electrons. The van der Waals surface area contributed by atoms with Crippen LogP contribution in [-0.4, -0.2) is 29.0 Å². The Morgan fingerprint density at radius 2 is 1.90 bits per heavy atom. The predicted octanol–water partition coefficient (Wildman–Crippen LogP) is 0.154. The first-order valence-corrected chi connectivity index (χ1v) is 6.91. The Morgan fingerprint density at radius 3 is 2.62 bits per heavy atom. The molecule has 1 aromatic heterocycles. The first-order valence-electron chi connectivity index (χ1n) is 6.91. The van der Waals surface area contributed by atoms with Crippen molar-refractivity contribution >= 4 is 22.6 Å². The number of anilines is 1. The van der Waals surface area contributed by atoms with Crippen molar-refractivity contribution in [2.24, 2.45) is 5.92 Å². The Labute approximate surface area is 119 Å². The summed E-state index contributed by atoms with van der Waals surface area (Å²) in [5, 5.41) is 6.04. The van der Waals surface area contributed by atoms with Crippen molar-refractivity contribution in [2.75, 3.05) is 18.4 Å². The molecule has 1 fully saturated rings. The molecule has 1 aliphatic heterocycles. The van der Waals surface area contributed by atoms with Crippen molar-refractivity contribution in [2.45, 2.75) is 12.8 Å². The average Bonchev–Trinajstić information content (AvgIpc) is 2.49. The molecule has 21 heavy (non-hydrogen) atoms. The Kier molecular flexibility index (Phi) is 3.57. The molecule has 0 bridgehead atoms. The lowest BCUT2D eigenvalue weighted by Gasteiger charge is -2.21. The Morgan fingerprint density at radius 1 is 1.14 bits per heavy atom. The number of piperidine rings is 1. The van der Waals surface area contributed by atoms with Gasteiger partial charge in [-0.05, 0) is 37.6 Å². The van der Waals surface area contributed by atoms with Crippen molar-refractivity contribution in [1.82, 2.24) is 15.3 Å². The molecule has 1 amide bonds. The van der Waals surface area contributed by atoms with Gasteiger partial charge >= 0.3 is 11.1 Å². The molecule has 0 radical (unpaired) electrons. The van der Waals surface area contributed by atoms with Gasteiger partial charge in [0.2, 0.25) is 5.91 Å². The van der Waals surface area contributed by atoms with Crippen LogP contribution in [0.2, 0.25) is 0 Å². The van der Waals surface area contributed by atoms with Gasteiger partial charge in [0.1, 0.15) is 0 Å². The van der Waals surface area contributed by atoms with Crippen LogP contribution in [-0.2, 0) is 4.79 Å². The van der Waals surface area contributed by atoms with E-state index in [1.807, 2.05) is 0 Å². The highest BCUT2D eigenvalue weighted by molar-refractivity contribution is 5.94. The molecule has 1 aromatic carbocycles. The van der Waals surface area contributed by atoms with Crippen LogP contribution in [0.15, 0.2) is 27.8 Å². The number of aromatic nitrogens is 2. The van der Waals surface area contributed by atoms with E-state index in [1.165, 1.54) is 0 Å². The molecule has 1 saturated heterocycles. The maximum absolute atomic E-state index is 12.1. The standard InChI is InChI=1S/C14H16N4O3/c19-12(8-2-1-5-15-7-8)16-9-3-4-10-11(6-9)18-14(21)13(20)17-10/h3-4,6,8,15H,1-2,5,7H2,(H,16,19)(H,17,20)(H,18,21)/t8-/m0/s1. The van der Waals surface area contributed by atoms with Crippen molar-refractivity contribution < 1.29 is 4.79 Å². The maximum Gasteiger partial charge on any atom is 0.314 e. The number of amides is 1. The van der Waals surface area contributed by atoms with Crippen molar-refractivity contribution in [1.29, 1.82) is 0 Å². The summed E-state index contributed by atoms with van der Waals surface area (Å²) in [6, 6.07) is 4.99. The number of fused-ring (bicyclic) bond motifs is 1. The van der Waals surface area contributed by atoms with E-state index in [2.05, 4.69) is 20.6 Å². The number of nitrogens with one attached hydrogen (secondary N) is 4. The lowest BCUT2D eigenvalue weighted by Crippen LogP contribution is -2.37. The first kappa shape index (κ1) is 13.6. The molecule has 7 nitrogen and oxygen atoms in total. The van der Waals surface area contributed by atoms with Gasteiger partial charge in [0.15, 0.2) is 0 Å². The number of benzene rings is 1. The van der Waals surface area contributed by atoms with Crippen LogP contribution in [0.3, 0.4) is 0 Å². The zero-order valence-corrected chi connectivity index (χ0v) is 11.4. The molecule has 0 spiro atoms. The minimum atomic E-state index is -0.706. The van der Waals surface area contributed by atoms with Gasteiger partial charge in [-0.25, -0.2) is 0 Å². The fraction of sp³-hybridized carbons (Fsp3) is 0.357. The van der Waals surface area contributed by atoms with E-state index in [0.29, 0.717) is 23.3 Å². The number of hydrogen-bond acceptors (Lipinski definition) is 4. The number of carbonyl (C=O) groups excluding carboxylic acids is 1. The van der Waals surface area contributed by atoms with Crippen LogP contribution in [0.25, 0.3) is 11.0 Å². The summed E-state index contributed by atoms with van der Waals surface area (Å²) in [4.78, 5) is 39.7. The highest BCUT2D eigenvalue weighted by atomic mass is 16.2. The van der Waals surface area contributed by atoms with Crippen LogP contribution in [0.5, 0.6) is 0 Å². The van der Waals surface area contributed by atoms with E-state index >= 15 is 0 Å². The third kappa shape index (κ3) is 2.87. The van der Waals surface area contributed by atoms with Gasteiger partial charge in [-0.1, -0.05) is 0 Å². The summed E-state index contributed by atoms with van der Waals surface area (Å²) in [5.41, 5.74) is 0.215. The van der Waals surface area contributed by atoms with Crippen molar-refractivity contribution in [3.63, 3.8) is 0 Å². The van der Waals surface area contributed by atoms with Gasteiger partial charge in [-0.2, -0.15) is 0 Å². The third-order valence-corrected chi connectivity index (χ3v) is 3.66. The zero-order chi connectivity index (χ0) is 14.8. The van der Waals surface area contributed by atoms with Crippen molar-refractivity contribution in [3.05, 3.63) is 38.9 Å². The second-order valence-corrected chi connectivity index (χ2v) is 5.20. The summed E-state index contributed by atoms with van der Waals surface area (Å²) in [6.07, 6.45) is 1.86. The summed E-state index contributed by atoms with van der Waals surface area (Å²) in [5.74, 6) is -0.0719. The number of rotatable bonds is 2. The fourth-order valence-corrected chi connectivity index (χ4v) is 2.51. The lowest BCUT2D eigenvalue weighted by molar-refractivity contribution is -0.120. The van der Waals surface area contributed by atoms with E-state index < -0.39 is 11.1 Å². The van der Waals surface area contributed by atoms with Crippen LogP contribution in [0.1, 0.15) is 12.8 Å². The molecule has 0 aliphatic carbocycles. The quantitative estimate of drug-likeness (QED) is 0.590. The molecule has 2 heterocycles. The Bertz CT molecular complexity index is 787. The minimum Gasteiger partial charge on any atom is -0.326 e. The van der Waals surface area contributed by atoms with Gasteiger partial charge in [-0.3, -0.25) is 14.4 Å². The van der Waals surface area contributed by atoms with Crippen LogP contribution in [0, 0.1) is 5.92 Å². The first-order chi connectivity index (χ1) is 10.1. The second-order valence-electron chi connectivity index (χ2n) is 5.20. The molecule has 0 unspecified atom stereocenters. The average molecular weight is 288 g/mol. The maximum atomic E-state index is 12.1. The van der Waals surface area contributed by atoms with Gasteiger partial charge in [0.05, 0.1) is 17.0 Å². The van der Waals surface area contributed by atoms with E-state index in [9.17, 15) is 14.4 Å². The Hall–Kier alpha value is -2.41. The van der Waals surface area contributed by atoms with E-state index in [4.69, 9.17) is 0 Å². The molecule has 0 saturated carbocycles. The lowest BCUT2D eigenvalue weighted by atomic mass is 9.99. The van der Waals surface area contributed by atoms with Gasteiger partial charge < -0.3 is 20.6 Å². The summed E-state index contributed by atoms with van der Waals surface area (Å²) < 4.78 is 0. The smallest absolute Gasteiger partial charge is 0.314 e. The molecular weight excluding hydrogens is 272 g/mol. The van der Waals surface area contributed by atoms with E-state index in [1.54, 1.807) is 18.2 Å². The Balaban J connectivity index is 1.84. The van der Waals surface area contributed by atoms with Crippen LogP contribution < -0.4 is 21.8 Å². The molecule has 2 aromatic rings. The van der Waals surface area contributed by atoms with Crippen LogP contribution >= 0.6 is 0 Å². The van der Waals surface area contributed by atoms with Crippen LogP contribution in [0.4, 0.5) is 5.69 Å². The SMILES string of the molecule is O=C(Nc1ccc2[nH]c(=O)c(=O)[nH]c2c1)[C@H]1CCCNC1. The minimum absolute atomic E-state index is 0.0340. The summed E-state index contributed by atoms with van der Waals surface area (Å²) in [7, 11) is 0. The zero-order valence-electron chi connectivity index (χ0n) is 11.4.